The zero-order chi connectivity index (χ0) is 13.3. The van der Waals surface area contributed by atoms with Crippen LogP contribution >= 0.6 is 11.3 Å². The van der Waals surface area contributed by atoms with Crippen LogP contribution in [0.5, 0.6) is 0 Å². The molecular formula is C14H20N2O2S. The van der Waals surface area contributed by atoms with E-state index in [1.54, 1.807) is 0 Å². The van der Waals surface area contributed by atoms with Crippen LogP contribution in [0.2, 0.25) is 0 Å². The molecule has 0 radical (unpaired) electrons. The minimum atomic E-state index is -0.139. The van der Waals surface area contributed by atoms with Gasteiger partial charge in [-0.25, -0.2) is 0 Å². The predicted octanol–water partition coefficient (Wildman–Crippen LogP) is 1.62. The maximum absolute atomic E-state index is 11.3. The van der Waals surface area contributed by atoms with E-state index in [1.807, 2.05) is 11.3 Å². The quantitative estimate of drug-likeness (QED) is 0.895. The standard InChI is InChI=1S/C14H20N2O2S/c1-11-14(18-10-13(17)15-11)4-6-16(7-5-14)9-12-3-2-8-19-12/h2-3,8,11H,4-7,9-10H2,1H3,(H,15,17)/t11-/m1/s1. The molecule has 2 saturated heterocycles. The second-order valence-electron chi connectivity index (χ2n) is 5.50. The van der Waals surface area contributed by atoms with Crippen LogP contribution in [0, 0.1) is 0 Å². The van der Waals surface area contributed by atoms with Crippen LogP contribution in [-0.4, -0.2) is 42.1 Å². The first-order valence-electron chi connectivity index (χ1n) is 6.86. The van der Waals surface area contributed by atoms with Crippen molar-refractivity contribution in [3.05, 3.63) is 22.4 Å². The molecule has 104 valence electrons. The van der Waals surface area contributed by atoms with Crippen LogP contribution in [-0.2, 0) is 16.1 Å². The predicted molar refractivity (Wildman–Crippen MR) is 75.1 cm³/mol. The Morgan fingerprint density at radius 2 is 2.32 bits per heavy atom. The zero-order valence-electron chi connectivity index (χ0n) is 11.2. The van der Waals surface area contributed by atoms with Gasteiger partial charge in [0, 0.05) is 24.5 Å². The molecule has 1 aromatic heterocycles. The summed E-state index contributed by atoms with van der Waals surface area (Å²) >= 11 is 1.81. The summed E-state index contributed by atoms with van der Waals surface area (Å²) in [5.41, 5.74) is -0.139. The second kappa shape index (κ2) is 5.23. The van der Waals surface area contributed by atoms with Crippen molar-refractivity contribution in [1.29, 1.82) is 0 Å². The average molecular weight is 280 g/mol. The highest BCUT2D eigenvalue weighted by Crippen LogP contribution is 2.32. The van der Waals surface area contributed by atoms with E-state index in [1.165, 1.54) is 4.88 Å². The van der Waals surface area contributed by atoms with Crippen LogP contribution in [0.3, 0.4) is 0 Å². The van der Waals surface area contributed by atoms with Gasteiger partial charge in [-0.2, -0.15) is 0 Å². The number of likely N-dealkylation sites (tertiary alicyclic amines) is 1. The number of hydrogen-bond donors (Lipinski definition) is 1. The van der Waals surface area contributed by atoms with Gasteiger partial charge in [0.25, 0.3) is 0 Å². The molecule has 1 atom stereocenters. The van der Waals surface area contributed by atoms with E-state index in [-0.39, 0.29) is 24.2 Å². The molecule has 0 aliphatic carbocycles. The molecular weight excluding hydrogens is 260 g/mol. The fourth-order valence-corrected chi connectivity index (χ4v) is 3.79. The number of hydrogen-bond acceptors (Lipinski definition) is 4. The third kappa shape index (κ3) is 2.68. The van der Waals surface area contributed by atoms with Crippen molar-refractivity contribution in [2.24, 2.45) is 0 Å². The van der Waals surface area contributed by atoms with Crippen LogP contribution in [0.4, 0.5) is 0 Å². The van der Waals surface area contributed by atoms with Gasteiger partial charge in [0.1, 0.15) is 6.61 Å². The third-order valence-electron chi connectivity index (χ3n) is 4.32. The van der Waals surface area contributed by atoms with Crippen molar-refractivity contribution in [1.82, 2.24) is 10.2 Å². The second-order valence-corrected chi connectivity index (χ2v) is 6.53. The number of piperidine rings is 1. The van der Waals surface area contributed by atoms with Crippen molar-refractivity contribution < 1.29 is 9.53 Å². The fraction of sp³-hybridized carbons (Fsp3) is 0.643. The molecule has 0 unspecified atom stereocenters. The van der Waals surface area contributed by atoms with E-state index in [2.05, 4.69) is 34.7 Å². The lowest BCUT2D eigenvalue weighted by molar-refractivity contribution is -0.159. The lowest BCUT2D eigenvalue weighted by atomic mass is 9.83. The van der Waals surface area contributed by atoms with Crippen LogP contribution < -0.4 is 5.32 Å². The number of amides is 1. The van der Waals surface area contributed by atoms with Gasteiger partial charge in [0.2, 0.25) is 5.91 Å². The summed E-state index contributed by atoms with van der Waals surface area (Å²) in [5.74, 6) is 0.0131. The fourth-order valence-electron chi connectivity index (χ4n) is 3.04. The SMILES string of the molecule is C[C@H]1NC(=O)COC12CCN(Cc1cccs1)CC2. The van der Waals surface area contributed by atoms with E-state index >= 15 is 0 Å². The lowest BCUT2D eigenvalue weighted by Crippen LogP contribution is -2.62. The summed E-state index contributed by atoms with van der Waals surface area (Å²) < 4.78 is 5.88. The van der Waals surface area contributed by atoms with E-state index in [0.717, 1.165) is 32.5 Å². The van der Waals surface area contributed by atoms with Crippen molar-refractivity contribution in [3.63, 3.8) is 0 Å². The summed E-state index contributed by atoms with van der Waals surface area (Å²) in [5, 5.41) is 5.15. The maximum Gasteiger partial charge on any atom is 0.246 e. The summed E-state index contributed by atoms with van der Waals surface area (Å²) in [6.07, 6.45) is 2.00. The minimum absolute atomic E-state index is 0.0131. The Labute approximate surface area is 117 Å². The van der Waals surface area contributed by atoms with E-state index in [4.69, 9.17) is 4.74 Å². The molecule has 0 aromatic carbocycles. The smallest absolute Gasteiger partial charge is 0.246 e. The molecule has 0 bridgehead atoms. The number of nitrogens with zero attached hydrogens (tertiary/aromatic N) is 1. The van der Waals surface area contributed by atoms with Crippen molar-refractivity contribution >= 4 is 17.2 Å². The van der Waals surface area contributed by atoms with Crippen molar-refractivity contribution in [3.8, 4) is 0 Å². The van der Waals surface area contributed by atoms with Gasteiger partial charge >= 0.3 is 0 Å². The summed E-state index contributed by atoms with van der Waals surface area (Å²) in [6, 6.07) is 4.42. The zero-order valence-corrected chi connectivity index (χ0v) is 12.0. The maximum atomic E-state index is 11.3. The number of morpholine rings is 1. The highest BCUT2D eigenvalue weighted by atomic mass is 32.1. The largest absolute Gasteiger partial charge is 0.363 e. The molecule has 19 heavy (non-hydrogen) atoms. The molecule has 1 aromatic rings. The number of carbonyl (C=O) groups is 1. The molecule has 2 aliphatic heterocycles. The minimum Gasteiger partial charge on any atom is -0.363 e. The number of thiophene rings is 1. The lowest BCUT2D eigenvalue weighted by Gasteiger charge is -2.47. The first kappa shape index (κ1) is 13.1. The van der Waals surface area contributed by atoms with Gasteiger partial charge in [0.05, 0.1) is 11.6 Å². The molecule has 3 rings (SSSR count). The molecule has 4 nitrogen and oxygen atoms in total. The Balaban J connectivity index is 1.58. The Kier molecular flexibility index (Phi) is 3.60. The molecule has 1 amide bonds. The highest BCUT2D eigenvalue weighted by molar-refractivity contribution is 7.09. The van der Waals surface area contributed by atoms with Gasteiger partial charge in [-0.15, -0.1) is 11.3 Å². The van der Waals surface area contributed by atoms with E-state index in [9.17, 15) is 4.79 Å². The molecule has 1 N–H and O–H groups in total. The van der Waals surface area contributed by atoms with Crippen LogP contribution in [0.25, 0.3) is 0 Å². The molecule has 2 fully saturated rings. The first-order valence-corrected chi connectivity index (χ1v) is 7.74. The van der Waals surface area contributed by atoms with E-state index < -0.39 is 0 Å². The van der Waals surface area contributed by atoms with E-state index in [0.29, 0.717) is 0 Å². The first-order chi connectivity index (χ1) is 9.18. The Morgan fingerprint density at radius 1 is 1.53 bits per heavy atom. The van der Waals surface area contributed by atoms with Gasteiger partial charge in [-0.1, -0.05) is 6.07 Å². The Bertz CT molecular complexity index is 438. The Morgan fingerprint density at radius 3 is 2.95 bits per heavy atom. The van der Waals surface area contributed by atoms with Gasteiger partial charge in [-0.3, -0.25) is 9.69 Å². The number of nitrogens with one attached hydrogen (secondary N) is 1. The van der Waals surface area contributed by atoms with Crippen LogP contribution in [0.1, 0.15) is 24.6 Å². The number of rotatable bonds is 2. The molecule has 2 aliphatic rings. The highest BCUT2D eigenvalue weighted by Gasteiger charge is 2.44. The third-order valence-corrected chi connectivity index (χ3v) is 5.18. The number of ether oxygens (including phenoxy) is 1. The number of carbonyl (C=O) groups excluding carboxylic acids is 1. The topological polar surface area (TPSA) is 41.6 Å². The van der Waals surface area contributed by atoms with Gasteiger partial charge < -0.3 is 10.1 Å². The molecule has 1 spiro atoms. The van der Waals surface area contributed by atoms with Crippen molar-refractivity contribution in [2.75, 3.05) is 19.7 Å². The Hall–Kier alpha value is -0.910. The molecule has 0 saturated carbocycles. The summed E-state index contributed by atoms with van der Waals surface area (Å²) in [7, 11) is 0. The van der Waals surface area contributed by atoms with Gasteiger partial charge in [-0.05, 0) is 31.2 Å². The monoisotopic (exact) mass is 280 g/mol. The average Bonchev–Trinajstić information content (AvgIpc) is 2.90. The summed E-state index contributed by atoms with van der Waals surface area (Å²) in [4.78, 5) is 15.2. The molecule has 3 heterocycles. The van der Waals surface area contributed by atoms with Crippen molar-refractivity contribution in [2.45, 2.75) is 38.0 Å². The van der Waals surface area contributed by atoms with Crippen LogP contribution in [0.15, 0.2) is 17.5 Å². The normalized spacial score (nSPS) is 27.4. The summed E-state index contributed by atoms with van der Waals surface area (Å²) in [6.45, 7) is 5.39. The van der Waals surface area contributed by atoms with Gasteiger partial charge in [0.15, 0.2) is 0 Å². The molecule has 5 heteroatoms.